The molecule has 0 saturated heterocycles. The van der Waals surface area contributed by atoms with Crippen molar-refractivity contribution in [3.8, 4) is 17.2 Å². The van der Waals surface area contributed by atoms with Gasteiger partial charge in [-0.15, -0.1) is 0 Å². The summed E-state index contributed by atoms with van der Waals surface area (Å²) in [7, 11) is -9.49. The molecule has 2 aromatic rings. The number of nitrogens with two attached hydrogens (primary N) is 2. The highest BCUT2D eigenvalue weighted by atomic mass is 31.2. The molecular formula is C28H38N4O10P2. The van der Waals surface area contributed by atoms with E-state index in [1.807, 2.05) is 13.0 Å². The monoisotopic (exact) mass is 652 g/mol. The first-order valence-corrected chi connectivity index (χ1v) is 16.5. The van der Waals surface area contributed by atoms with E-state index in [1.54, 1.807) is 0 Å². The molecule has 0 spiro atoms. The Kier molecular flexibility index (Phi) is 12.0. The van der Waals surface area contributed by atoms with E-state index in [-0.39, 0.29) is 40.7 Å². The van der Waals surface area contributed by atoms with Crippen LogP contribution in [0.25, 0.3) is 0 Å². The van der Waals surface area contributed by atoms with Crippen LogP contribution in [0.15, 0.2) is 65.3 Å². The van der Waals surface area contributed by atoms with Crippen LogP contribution in [0.1, 0.15) is 63.7 Å². The summed E-state index contributed by atoms with van der Waals surface area (Å²) in [6, 6.07) is 6.39. The van der Waals surface area contributed by atoms with Gasteiger partial charge in [-0.25, -0.2) is 20.9 Å². The standard InChI is InChI=1S/C28H38N4O10P2/c1-18(2)8-5-9-19(3)10-6-11-20(4)14-15-32-23-16-21(39-43(35,36)37)17-24(33)27(23)31-26-22(28(32)34)12-7-13-25(26)40-44(38,41-29)42-30/h7-8,10,12-14,16-17,31,33H,5-6,9,11,15,29-30H2,1-4H3,(H2,35,36,37)/b19-10+,20-14+. The van der Waals surface area contributed by atoms with Crippen molar-refractivity contribution >= 4 is 38.6 Å². The zero-order chi connectivity index (χ0) is 32.7. The van der Waals surface area contributed by atoms with Gasteiger partial charge in [-0.2, -0.15) is 9.25 Å². The number of benzene rings is 2. The zero-order valence-electron chi connectivity index (χ0n) is 24.9. The summed E-state index contributed by atoms with van der Waals surface area (Å²) in [4.78, 5) is 33.9. The Morgan fingerprint density at radius 2 is 1.57 bits per heavy atom. The number of allylic oxidation sites excluding steroid dienone is 5. The molecule has 0 atom stereocenters. The number of nitrogens with zero attached hydrogens (tertiary/aromatic N) is 1. The van der Waals surface area contributed by atoms with Crippen LogP contribution in [-0.4, -0.2) is 27.3 Å². The van der Waals surface area contributed by atoms with E-state index >= 15 is 0 Å². The van der Waals surface area contributed by atoms with Crippen LogP contribution in [0, 0.1) is 0 Å². The number of hydrogen-bond acceptors (Lipinski definition) is 11. The van der Waals surface area contributed by atoms with Crippen molar-refractivity contribution in [2.45, 2.75) is 53.4 Å². The molecule has 0 radical (unpaired) electrons. The van der Waals surface area contributed by atoms with E-state index < -0.39 is 27.3 Å². The molecule has 44 heavy (non-hydrogen) atoms. The predicted molar refractivity (Wildman–Crippen MR) is 166 cm³/mol. The summed E-state index contributed by atoms with van der Waals surface area (Å²) in [5.41, 5.74) is 3.53. The van der Waals surface area contributed by atoms with Crippen molar-refractivity contribution in [1.29, 1.82) is 0 Å². The lowest BCUT2D eigenvalue weighted by Crippen LogP contribution is -2.30. The Balaban J connectivity index is 2.00. The Bertz CT molecular complexity index is 1560. The molecule has 0 aromatic heterocycles. The maximum absolute atomic E-state index is 14.0. The Hall–Kier alpha value is -3.45. The zero-order valence-corrected chi connectivity index (χ0v) is 26.6. The van der Waals surface area contributed by atoms with E-state index in [0.29, 0.717) is 0 Å². The fourth-order valence-electron chi connectivity index (χ4n) is 4.37. The first-order valence-electron chi connectivity index (χ1n) is 13.5. The number of nitrogens with one attached hydrogen (secondary N) is 1. The normalized spacial score (nSPS) is 13.9. The fraction of sp³-hybridized carbons (Fsp3) is 0.321. The molecule has 2 aromatic carbocycles. The molecular weight excluding hydrogens is 614 g/mol. The van der Waals surface area contributed by atoms with Gasteiger partial charge in [0.2, 0.25) is 0 Å². The van der Waals surface area contributed by atoms with Gasteiger partial charge in [-0.1, -0.05) is 41.0 Å². The third kappa shape index (κ3) is 9.52. The number of amides is 1. The number of phenolic OH excluding ortho intramolecular Hbond substituents is 1. The van der Waals surface area contributed by atoms with Crippen LogP contribution in [0.5, 0.6) is 17.2 Å². The Labute approximate surface area is 255 Å². The molecule has 1 aliphatic heterocycles. The van der Waals surface area contributed by atoms with Gasteiger partial charge in [0.25, 0.3) is 5.91 Å². The molecule has 1 heterocycles. The van der Waals surface area contributed by atoms with E-state index in [4.69, 9.17) is 20.8 Å². The highest BCUT2D eigenvalue weighted by Gasteiger charge is 2.34. The van der Waals surface area contributed by atoms with Gasteiger partial charge in [0.15, 0.2) is 5.75 Å². The van der Waals surface area contributed by atoms with Crippen molar-refractivity contribution in [3.05, 3.63) is 70.8 Å². The molecule has 0 bridgehead atoms. The number of phosphoric acid groups is 2. The second kappa shape index (κ2) is 15.0. The van der Waals surface area contributed by atoms with Gasteiger partial charge in [0.1, 0.15) is 17.2 Å². The number of anilines is 3. The minimum Gasteiger partial charge on any atom is -0.506 e. The van der Waals surface area contributed by atoms with Crippen LogP contribution < -0.4 is 31.1 Å². The lowest BCUT2D eigenvalue weighted by atomic mass is 10.1. The largest absolute Gasteiger partial charge is 0.563 e. The molecule has 8 N–H and O–H groups in total. The second-order valence-electron chi connectivity index (χ2n) is 10.3. The third-order valence-corrected chi connectivity index (χ3v) is 7.94. The van der Waals surface area contributed by atoms with Crippen LogP contribution in [0.4, 0.5) is 17.1 Å². The van der Waals surface area contributed by atoms with Crippen LogP contribution in [-0.2, 0) is 18.4 Å². The molecule has 240 valence electrons. The topological polar surface area (TPSA) is 216 Å². The molecule has 0 unspecified atom stereocenters. The number of phenols is 1. The van der Waals surface area contributed by atoms with Gasteiger partial charge >= 0.3 is 15.6 Å². The van der Waals surface area contributed by atoms with Crippen molar-refractivity contribution in [1.82, 2.24) is 0 Å². The average Bonchev–Trinajstić information content (AvgIpc) is 3.05. The minimum atomic E-state index is -5.01. The lowest BCUT2D eigenvalue weighted by Gasteiger charge is -2.23. The minimum absolute atomic E-state index is 0.0161. The summed E-state index contributed by atoms with van der Waals surface area (Å²) in [6.45, 7) is 8.18. The van der Waals surface area contributed by atoms with E-state index in [2.05, 4.69) is 47.5 Å². The highest BCUT2D eigenvalue weighted by molar-refractivity contribution is 7.48. The maximum Gasteiger partial charge on any atom is 0.563 e. The first-order chi connectivity index (χ1) is 20.7. The van der Waals surface area contributed by atoms with Crippen molar-refractivity contribution < 1.29 is 47.1 Å². The van der Waals surface area contributed by atoms with E-state index in [1.165, 1.54) is 40.3 Å². The summed E-state index contributed by atoms with van der Waals surface area (Å²) in [5, 5.41) is 13.8. The Morgan fingerprint density at radius 3 is 2.18 bits per heavy atom. The molecule has 1 aliphatic rings. The molecule has 16 heteroatoms. The Morgan fingerprint density at radius 1 is 0.932 bits per heavy atom. The average molecular weight is 653 g/mol. The third-order valence-electron chi connectivity index (χ3n) is 6.55. The maximum atomic E-state index is 14.0. The fourth-order valence-corrected chi connectivity index (χ4v) is 5.28. The molecule has 0 fully saturated rings. The van der Waals surface area contributed by atoms with Crippen molar-refractivity contribution in [2.24, 2.45) is 11.8 Å². The van der Waals surface area contributed by atoms with E-state index in [0.717, 1.165) is 37.3 Å². The van der Waals surface area contributed by atoms with E-state index in [9.17, 15) is 28.8 Å². The number of carbonyl (C=O) groups excluding carboxylic acids is 1. The van der Waals surface area contributed by atoms with Crippen molar-refractivity contribution in [2.75, 3.05) is 16.8 Å². The molecule has 14 nitrogen and oxygen atoms in total. The number of rotatable bonds is 14. The van der Waals surface area contributed by atoms with Gasteiger partial charge in [0, 0.05) is 18.7 Å². The molecule has 3 rings (SSSR count). The lowest BCUT2D eigenvalue weighted by molar-refractivity contribution is 0.0990. The van der Waals surface area contributed by atoms with Crippen LogP contribution in [0.3, 0.4) is 0 Å². The van der Waals surface area contributed by atoms with Gasteiger partial charge in [0.05, 0.1) is 16.9 Å². The number of para-hydroxylation sites is 1. The first kappa shape index (κ1) is 35.0. The summed E-state index contributed by atoms with van der Waals surface area (Å²) < 4.78 is 42.6. The smallest absolute Gasteiger partial charge is 0.506 e. The number of carbonyl (C=O) groups is 1. The number of aromatic hydroxyl groups is 1. The number of hydrogen-bond donors (Lipinski definition) is 6. The van der Waals surface area contributed by atoms with Gasteiger partial charge in [-0.3, -0.25) is 14.6 Å². The second-order valence-corrected chi connectivity index (χ2v) is 13.0. The highest BCUT2D eigenvalue weighted by Crippen LogP contribution is 2.52. The quantitative estimate of drug-likeness (QED) is 0.0576. The summed E-state index contributed by atoms with van der Waals surface area (Å²) in [6.07, 6.45) is 9.69. The molecule has 1 amide bonds. The van der Waals surface area contributed by atoms with Crippen molar-refractivity contribution in [3.63, 3.8) is 0 Å². The summed E-state index contributed by atoms with van der Waals surface area (Å²) >= 11 is 0. The predicted octanol–water partition coefficient (Wildman–Crippen LogP) is 6.25. The number of phosphoric ester groups is 1. The van der Waals surface area contributed by atoms with Crippen LogP contribution >= 0.6 is 15.6 Å². The van der Waals surface area contributed by atoms with Gasteiger partial charge in [-0.05, 0) is 65.5 Å². The molecule has 0 aliphatic carbocycles. The molecule has 0 saturated carbocycles. The van der Waals surface area contributed by atoms with Gasteiger partial charge < -0.3 is 24.4 Å². The summed E-state index contributed by atoms with van der Waals surface area (Å²) in [5.74, 6) is 8.33. The number of fused-ring (bicyclic) bond motifs is 2. The van der Waals surface area contributed by atoms with Crippen LogP contribution in [0.2, 0.25) is 0 Å². The SMILES string of the molecule is CC(C)=CCC/C(C)=C/CC/C(C)=C/CN1C(=O)c2cccc(OP(=O)(ON)ON)c2Nc2c(O)cc(OP(=O)(O)O)cc21.